The second-order valence-electron chi connectivity index (χ2n) is 5.46. The van der Waals surface area contributed by atoms with E-state index in [1.807, 2.05) is 57.0 Å². The third kappa shape index (κ3) is 5.64. The van der Waals surface area contributed by atoms with Gasteiger partial charge in [0.15, 0.2) is 0 Å². The highest BCUT2D eigenvalue weighted by atomic mass is 16.6. The van der Waals surface area contributed by atoms with E-state index in [1.54, 1.807) is 7.11 Å². The average molecular weight is 265 g/mol. The summed E-state index contributed by atoms with van der Waals surface area (Å²) >= 11 is 0. The maximum atomic E-state index is 11.6. The van der Waals surface area contributed by atoms with Crippen LogP contribution in [0.3, 0.4) is 0 Å². The Labute approximate surface area is 115 Å². The topological polar surface area (TPSA) is 38.8 Å². The molecule has 0 spiro atoms. The molecule has 0 saturated heterocycles. The molecule has 0 unspecified atom stereocenters. The van der Waals surface area contributed by atoms with Gasteiger partial charge in [-0.25, -0.2) is 0 Å². The molecule has 0 heterocycles. The van der Waals surface area contributed by atoms with Crippen molar-refractivity contribution < 1.29 is 14.3 Å². The lowest BCUT2D eigenvalue weighted by Gasteiger charge is -2.22. The van der Waals surface area contributed by atoms with E-state index >= 15 is 0 Å². The summed E-state index contributed by atoms with van der Waals surface area (Å²) in [6, 6.07) is 7.74. The first-order valence-electron chi connectivity index (χ1n) is 6.39. The monoisotopic (exact) mass is 265 g/mol. The molecule has 0 fully saturated rings. The minimum atomic E-state index is -0.421. The van der Waals surface area contributed by atoms with Gasteiger partial charge < -0.3 is 14.4 Å². The van der Waals surface area contributed by atoms with E-state index < -0.39 is 5.60 Å². The van der Waals surface area contributed by atoms with Gasteiger partial charge >= 0.3 is 5.97 Å². The molecule has 1 aromatic rings. The third-order valence-electron chi connectivity index (χ3n) is 2.58. The van der Waals surface area contributed by atoms with Crippen LogP contribution in [-0.4, -0.2) is 32.3 Å². The van der Waals surface area contributed by atoms with Crippen LogP contribution in [0.15, 0.2) is 24.3 Å². The van der Waals surface area contributed by atoms with Gasteiger partial charge in [0.05, 0.1) is 13.5 Å². The Morgan fingerprint density at radius 3 is 2.26 bits per heavy atom. The maximum absolute atomic E-state index is 11.6. The highest BCUT2D eigenvalue weighted by molar-refractivity contribution is 5.70. The molecule has 0 aliphatic carbocycles. The highest BCUT2D eigenvalue weighted by Crippen LogP contribution is 2.18. The number of carbonyl (C=O) groups is 1. The van der Waals surface area contributed by atoms with Crippen LogP contribution in [0.4, 0.5) is 5.69 Å². The van der Waals surface area contributed by atoms with E-state index in [0.717, 1.165) is 11.4 Å². The summed E-state index contributed by atoms with van der Waals surface area (Å²) in [6.07, 6.45) is 0.375. The Bertz CT molecular complexity index is 406. The fraction of sp³-hybridized carbons (Fsp3) is 0.533. The molecule has 4 heteroatoms. The third-order valence-corrected chi connectivity index (χ3v) is 2.58. The van der Waals surface area contributed by atoms with Crippen molar-refractivity contribution in [3.05, 3.63) is 24.3 Å². The van der Waals surface area contributed by atoms with Crippen molar-refractivity contribution >= 4 is 11.7 Å². The van der Waals surface area contributed by atoms with Crippen molar-refractivity contribution in [2.45, 2.75) is 32.8 Å². The zero-order valence-corrected chi connectivity index (χ0v) is 12.4. The normalized spacial score (nSPS) is 11.0. The van der Waals surface area contributed by atoms with E-state index in [1.165, 1.54) is 0 Å². The molecule has 19 heavy (non-hydrogen) atoms. The van der Waals surface area contributed by atoms with Crippen molar-refractivity contribution in [3.63, 3.8) is 0 Å². The lowest BCUT2D eigenvalue weighted by molar-refractivity contribution is -0.154. The van der Waals surface area contributed by atoms with Crippen LogP contribution in [0.1, 0.15) is 27.2 Å². The quantitative estimate of drug-likeness (QED) is 0.767. The number of ether oxygens (including phenoxy) is 2. The second-order valence-corrected chi connectivity index (χ2v) is 5.46. The molecule has 0 radical (unpaired) electrons. The molecule has 4 nitrogen and oxygen atoms in total. The number of carbonyl (C=O) groups excluding carboxylic acids is 1. The summed E-state index contributed by atoms with van der Waals surface area (Å²) in [5, 5.41) is 0. The molecular weight excluding hydrogens is 242 g/mol. The van der Waals surface area contributed by atoms with Gasteiger partial charge in [-0.1, -0.05) is 0 Å². The number of benzene rings is 1. The largest absolute Gasteiger partial charge is 0.497 e. The van der Waals surface area contributed by atoms with Crippen molar-refractivity contribution in [3.8, 4) is 5.75 Å². The molecule has 0 bridgehead atoms. The second kappa shape index (κ2) is 6.45. The van der Waals surface area contributed by atoms with E-state index in [2.05, 4.69) is 0 Å². The Balaban J connectivity index is 2.46. The summed E-state index contributed by atoms with van der Waals surface area (Å²) < 4.78 is 10.4. The van der Waals surface area contributed by atoms with Crippen molar-refractivity contribution in [2.24, 2.45) is 0 Å². The predicted octanol–water partition coefficient (Wildman–Crippen LogP) is 2.86. The molecular formula is C15H23NO3. The van der Waals surface area contributed by atoms with Gasteiger partial charge in [-0.2, -0.15) is 0 Å². The van der Waals surface area contributed by atoms with E-state index in [0.29, 0.717) is 13.0 Å². The van der Waals surface area contributed by atoms with Gasteiger partial charge in [0.1, 0.15) is 11.4 Å². The first-order valence-corrected chi connectivity index (χ1v) is 6.39. The molecule has 1 rings (SSSR count). The fourth-order valence-electron chi connectivity index (χ4n) is 1.62. The highest BCUT2D eigenvalue weighted by Gasteiger charge is 2.16. The predicted molar refractivity (Wildman–Crippen MR) is 76.7 cm³/mol. The number of esters is 1. The Kier molecular flexibility index (Phi) is 5.21. The number of methoxy groups -OCH3 is 1. The summed E-state index contributed by atoms with van der Waals surface area (Å²) in [5.74, 6) is 0.650. The van der Waals surface area contributed by atoms with E-state index in [4.69, 9.17) is 9.47 Å². The average Bonchev–Trinajstić information content (AvgIpc) is 2.34. The maximum Gasteiger partial charge on any atom is 0.308 e. The Morgan fingerprint density at radius 2 is 1.79 bits per heavy atom. The van der Waals surface area contributed by atoms with Gasteiger partial charge in [-0.05, 0) is 45.0 Å². The number of hydrogen-bond donors (Lipinski definition) is 0. The van der Waals surface area contributed by atoms with E-state index in [9.17, 15) is 4.79 Å². The van der Waals surface area contributed by atoms with Gasteiger partial charge in [0, 0.05) is 19.3 Å². The van der Waals surface area contributed by atoms with Crippen molar-refractivity contribution in [1.82, 2.24) is 0 Å². The Hall–Kier alpha value is -1.71. The zero-order chi connectivity index (χ0) is 14.5. The van der Waals surface area contributed by atoms with Crippen LogP contribution in [0.5, 0.6) is 5.75 Å². The summed E-state index contributed by atoms with van der Waals surface area (Å²) in [5.41, 5.74) is 0.625. The number of anilines is 1. The number of nitrogens with zero attached hydrogens (tertiary/aromatic N) is 1. The van der Waals surface area contributed by atoms with Crippen LogP contribution in [0.25, 0.3) is 0 Å². The van der Waals surface area contributed by atoms with E-state index in [-0.39, 0.29) is 5.97 Å². The minimum absolute atomic E-state index is 0.173. The van der Waals surface area contributed by atoms with Gasteiger partial charge in [-0.15, -0.1) is 0 Å². The number of rotatable bonds is 5. The van der Waals surface area contributed by atoms with Crippen LogP contribution in [0.2, 0.25) is 0 Å². The van der Waals surface area contributed by atoms with Crippen LogP contribution < -0.4 is 9.64 Å². The lowest BCUT2D eigenvalue weighted by Crippen LogP contribution is -2.27. The van der Waals surface area contributed by atoms with Crippen molar-refractivity contribution in [2.75, 3.05) is 25.6 Å². The van der Waals surface area contributed by atoms with Crippen LogP contribution in [0, 0.1) is 0 Å². The molecule has 0 saturated carbocycles. The van der Waals surface area contributed by atoms with Crippen LogP contribution in [-0.2, 0) is 9.53 Å². The van der Waals surface area contributed by atoms with Gasteiger partial charge in [0.25, 0.3) is 0 Å². The molecule has 0 aliphatic rings. The first-order chi connectivity index (χ1) is 8.81. The smallest absolute Gasteiger partial charge is 0.308 e. The molecule has 0 atom stereocenters. The SMILES string of the molecule is COc1ccc(N(C)CCC(=O)OC(C)(C)C)cc1. The standard InChI is InChI=1S/C15H23NO3/c1-15(2,3)19-14(17)10-11-16(4)12-6-8-13(18-5)9-7-12/h6-9H,10-11H2,1-5H3. The molecule has 0 aliphatic heterocycles. The zero-order valence-electron chi connectivity index (χ0n) is 12.4. The first kappa shape index (κ1) is 15.3. The Morgan fingerprint density at radius 1 is 1.21 bits per heavy atom. The molecule has 0 amide bonds. The molecule has 0 aromatic heterocycles. The van der Waals surface area contributed by atoms with Gasteiger partial charge in [0.2, 0.25) is 0 Å². The van der Waals surface area contributed by atoms with Gasteiger partial charge in [-0.3, -0.25) is 4.79 Å². The molecule has 0 N–H and O–H groups in total. The number of hydrogen-bond acceptors (Lipinski definition) is 4. The summed E-state index contributed by atoms with van der Waals surface area (Å²) in [7, 11) is 3.59. The fourth-order valence-corrected chi connectivity index (χ4v) is 1.62. The summed E-state index contributed by atoms with van der Waals surface area (Å²) in [4.78, 5) is 13.6. The minimum Gasteiger partial charge on any atom is -0.497 e. The van der Waals surface area contributed by atoms with Crippen molar-refractivity contribution in [1.29, 1.82) is 0 Å². The molecule has 1 aromatic carbocycles. The molecule has 106 valence electrons. The lowest BCUT2D eigenvalue weighted by atomic mass is 10.2. The van der Waals surface area contributed by atoms with Crippen LogP contribution >= 0.6 is 0 Å². The summed E-state index contributed by atoms with van der Waals surface area (Å²) in [6.45, 7) is 6.25.